The Bertz CT molecular complexity index is 708. The summed E-state index contributed by atoms with van der Waals surface area (Å²) < 4.78 is 14.1. The van der Waals surface area contributed by atoms with Crippen molar-refractivity contribution in [1.82, 2.24) is 9.97 Å². The fourth-order valence-electron chi connectivity index (χ4n) is 1.75. The third-order valence-corrected chi connectivity index (χ3v) is 3.71. The lowest BCUT2D eigenvalue weighted by atomic mass is 10.2. The highest BCUT2D eigenvalue weighted by Crippen LogP contribution is 2.30. The number of hydrogen-bond donors (Lipinski definition) is 1. The van der Waals surface area contributed by atoms with Crippen LogP contribution in [-0.2, 0) is 6.54 Å². The number of halogens is 1. The van der Waals surface area contributed by atoms with Crippen molar-refractivity contribution in [3.63, 3.8) is 0 Å². The van der Waals surface area contributed by atoms with Crippen molar-refractivity contribution in [3.8, 4) is 10.6 Å². The zero-order valence-electron chi connectivity index (χ0n) is 9.43. The lowest BCUT2D eigenvalue weighted by Crippen LogP contribution is -1.98. The monoisotopic (exact) mass is 259 g/mol. The summed E-state index contributed by atoms with van der Waals surface area (Å²) in [6.45, 7) is 0.396. The van der Waals surface area contributed by atoms with Gasteiger partial charge in [-0.05, 0) is 24.3 Å². The summed E-state index contributed by atoms with van der Waals surface area (Å²) in [7, 11) is 0. The predicted octanol–water partition coefficient (Wildman–Crippen LogP) is 2.96. The first-order valence-electron chi connectivity index (χ1n) is 5.48. The largest absolute Gasteiger partial charge is 0.325 e. The van der Waals surface area contributed by atoms with Crippen molar-refractivity contribution < 1.29 is 4.39 Å². The quantitative estimate of drug-likeness (QED) is 0.769. The van der Waals surface area contributed by atoms with E-state index < -0.39 is 0 Å². The van der Waals surface area contributed by atoms with Crippen LogP contribution < -0.4 is 5.73 Å². The van der Waals surface area contributed by atoms with Gasteiger partial charge in [-0.2, -0.15) is 0 Å². The molecule has 2 heterocycles. The smallest absolute Gasteiger partial charge is 0.125 e. The van der Waals surface area contributed by atoms with Gasteiger partial charge in [0.1, 0.15) is 10.8 Å². The van der Waals surface area contributed by atoms with Gasteiger partial charge in [0.05, 0.1) is 15.9 Å². The Hall–Kier alpha value is -1.85. The van der Waals surface area contributed by atoms with Crippen LogP contribution in [0.3, 0.4) is 0 Å². The Morgan fingerprint density at radius 2 is 2.11 bits per heavy atom. The molecule has 0 amide bonds. The topological polar surface area (TPSA) is 51.8 Å². The first-order chi connectivity index (χ1) is 8.76. The number of rotatable bonds is 2. The molecule has 5 heteroatoms. The van der Waals surface area contributed by atoms with E-state index in [1.54, 1.807) is 12.3 Å². The van der Waals surface area contributed by atoms with Gasteiger partial charge >= 0.3 is 0 Å². The van der Waals surface area contributed by atoms with Crippen molar-refractivity contribution in [2.75, 3.05) is 0 Å². The maximum Gasteiger partial charge on any atom is 0.125 e. The maximum atomic E-state index is 13.1. The molecule has 90 valence electrons. The lowest BCUT2D eigenvalue weighted by Gasteiger charge is -1.98. The lowest BCUT2D eigenvalue weighted by molar-refractivity contribution is 0.629. The molecule has 1 aromatic carbocycles. The van der Waals surface area contributed by atoms with Crippen LogP contribution in [0, 0.1) is 5.82 Å². The van der Waals surface area contributed by atoms with Gasteiger partial charge < -0.3 is 5.73 Å². The highest BCUT2D eigenvalue weighted by atomic mass is 32.1. The van der Waals surface area contributed by atoms with Crippen LogP contribution in [0.2, 0.25) is 0 Å². The number of fused-ring (bicyclic) bond motifs is 1. The van der Waals surface area contributed by atoms with E-state index in [0.717, 1.165) is 21.0 Å². The number of nitrogens with zero attached hydrogens (tertiary/aromatic N) is 2. The van der Waals surface area contributed by atoms with E-state index >= 15 is 0 Å². The van der Waals surface area contributed by atoms with Crippen molar-refractivity contribution in [2.24, 2.45) is 5.73 Å². The molecule has 0 aliphatic rings. The first-order valence-corrected chi connectivity index (χ1v) is 6.29. The Morgan fingerprint density at radius 3 is 2.94 bits per heavy atom. The van der Waals surface area contributed by atoms with Crippen LogP contribution in [-0.4, -0.2) is 9.97 Å². The molecule has 0 aliphatic heterocycles. The second-order valence-electron chi connectivity index (χ2n) is 3.87. The highest BCUT2D eigenvalue weighted by molar-refractivity contribution is 7.21. The summed E-state index contributed by atoms with van der Waals surface area (Å²) in [6.07, 6.45) is 1.71. The molecule has 0 fully saturated rings. The molecule has 0 atom stereocenters. The van der Waals surface area contributed by atoms with Crippen LogP contribution >= 0.6 is 11.3 Å². The number of aromatic nitrogens is 2. The molecule has 0 aliphatic carbocycles. The van der Waals surface area contributed by atoms with E-state index in [1.165, 1.54) is 23.5 Å². The van der Waals surface area contributed by atoms with Crippen LogP contribution in [0.5, 0.6) is 0 Å². The summed E-state index contributed by atoms with van der Waals surface area (Å²) in [6, 6.07) is 8.43. The van der Waals surface area contributed by atoms with E-state index in [9.17, 15) is 4.39 Å². The average molecular weight is 259 g/mol. The summed E-state index contributed by atoms with van der Waals surface area (Å²) in [5, 5.41) is 0.854. The minimum atomic E-state index is -0.267. The van der Waals surface area contributed by atoms with Gasteiger partial charge in [0.2, 0.25) is 0 Å². The van der Waals surface area contributed by atoms with Crippen molar-refractivity contribution in [3.05, 3.63) is 48.0 Å². The molecule has 2 aromatic heterocycles. The van der Waals surface area contributed by atoms with Crippen LogP contribution in [0.4, 0.5) is 4.39 Å². The van der Waals surface area contributed by atoms with Crippen molar-refractivity contribution in [2.45, 2.75) is 6.54 Å². The summed E-state index contributed by atoms with van der Waals surface area (Å²) >= 11 is 1.53. The zero-order valence-corrected chi connectivity index (χ0v) is 10.2. The fourth-order valence-corrected chi connectivity index (χ4v) is 2.69. The standard InChI is InChI=1S/C13H10FN3S/c14-9-1-2-12-11(6-9)17-13(18-12)8-3-4-16-10(5-8)7-15/h1-6H,7,15H2. The fraction of sp³-hybridized carbons (Fsp3) is 0.0769. The third-order valence-electron chi connectivity index (χ3n) is 2.62. The minimum absolute atomic E-state index is 0.267. The molecule has 3 aromatic rings. The van der Waals surface area contributed by atoms with Gasteiger partial charge in [-0.25, -0.2) is 9.37 Å². The number of hydrogen-bond acceptors (Lipinski definition) is 4. The Balaban J connectivity index is 2.13. The van der Waals surface area contributed by atoms with Gasteiger partial charge in [-0.15, -0.1) is 11.3 Å². The number of benzene rings is 1. The number of thiazole rings is 1. The van der Waals surface area contributed by atoms with E-state index in [2.05, 4.69) is 9.97 Å². The molecule has 0 saturated heterocycles. The van der Waals surface area contributed by atoms with Crippen LogP contribution in [0.15, 0.2) is 36.5 Å². The third kappa shape index (κ3) is 1.98. The van der Waals surface area contributed by atoms with Crippen molar-refractivity contribution in [1.29, 1.82) is 0 Å². The second kappa shape index (κ2) is 4.44. The molecule has 0 radical (unpaired) electrons. The average Bonchev–Trinajstić information content (AvgIpc) is 2.81. The Kier molecular flexibility index (Phi) is 2.77. The number of nitrogens with two attached hydrogens (primary N) is 1. The normalized spacial score (nSPS) is 11.0. The maximum absolute atomic E-state index is 13.1. The van der Waals surface area contributed by atoms with E-state index in [0.29, 0.717) is 12.1 Å². The summed E-state index contributed by atoms with van der Waals surface area (Å²) in [5.41, 5.74) is 8.03. The van der Waals surface area contributed by atoms with Gasteiger partial charge in [0, 0.05) is 24.4 Å². The molecule has 2 N–H and O–H groups in total. The second-order valence-corrected chi connectivity index (χ2v) is 4.90. The SMILES string of the molecule is NCc1cc(-c2nc3cc(F)ccc3s2)ccn1. The molecular formula is C13H10FN3S. The van der Waals surface area contributed by atoms with E-state index in [4.69, 9.17) is 5.73 Å². The molecule has 18 heavy (non-hydrogen) atoms. The molecule has 0 saturated carbocycles. The van der Waals surface area contributed by atoms with Gasteiger partial charge in [-0.3, -0.25) is 4.98 Å². The zero-order chi connectivity index (χ0) is 12.5. The van der Waals surface area contributed by atoms with Crippen LogP contribution in [0.25, 0.3) is 20.8 Å². The van der Waals surface area contributed by atoms with Gasteiger partial charge in [0.15, 0.2) is 0 Å². The minimum Gasteiger partial charge on any atom is -0.325 e. The van der Waals surface area contributed by atoms with E-state index in [-0.39, 0.29) is 5.82 Å². The molecule has 0 bridgehead atoms. The molecule has 3 rings (SSSR count). The van der Waals surface area contributed by atoms with Crippen LogP contribution in [0.1, 0.15) is 5.69 Å². The van der Waals surface area contributed by atoms with Gasteiger partial charge in [-0.1, -0.05) is 0 Å². The predicted molar refractivity (Wildman–Crippen MR) is 70.7 cm³/mol. The first kappa shape index (κ1) is 11.3. The van der Waals surface area contributed by atoms with Gasteiger partial charge in [0.25, 0.3) is 0 Å². The molecule has 3 nitrogen and oxygen atoms in total. The Morgan fingerprint density at radius 1 is 1.22 bits per heavy atom. The summed E-state index contributed by atoms with van der Waals surface area (Å²) in [4.78, 5) is 8.57. The highest BCUT2D eigenvalue weighted by Gasteiger charge is 2.07. The Labute approximate surface area is 107 Å². The molecule has 0 unspecified atom stereocenters. The van der Waals surface area contributed by atoms with Crippen molar-refractivity contribution >= 4 is 21.6 Å². The number of pyridine rings is 1. The summed E-state index contributed by atoms with van der Waals surface area (Å²) in [5.74, 6) is -0.267. The van der Waals surface area contributed by atoms with E-state index in [1.807, 2.05) is 12.1 Å². The molecular weight excluding hydrogens is 249 g/mol. The molecule has 0 spiro atoms.